The van der Waals surface area contributed by atoms with Crippen LogP contribution in [0, 0.1) is 34.0 Å². The number of hydrogen-bond donors (Lipinski definition) is 1. The van der Waals surface area contributed by atoms with Gasteiger partial charge in [-0.2, -0.15) is 20.8 Å². The minimum Gasteiger partial charge on any atom is -0.497 e. The Bertz CT molecular complexity index is 1100. The topological polar surface area (TPSA) is 162 Å². The minimum atomic E-state index is -0.969. The van der Waals surface area contributed by atoms with Crippen LogP contribution in [0.25, 0.3) is 5.57 Å². The number of benzene rings is 2. The summed E-state index contributed by atoms with van der Waals surface area (Å²) in [5, 5.41) is 38.2. The smallest absolute Gasteiger partial charge is 0.319 e. The Labute approximate surface area is 159 Å². The second-order valence-corrected chi connectivity index (χ2v) is 5.35. The fourth-order valence-corrected chi connectivity index (χ4v) is 2.52. The first-order valence-corrected chi connectivity index (χ1v) is 7.52. The lowest BCUT2D eigenvalue weighted by Crippen LogP contribution is -2.35. The average Bonchev–Trinajstić information content (AvgIpc) is 2.71. The van der Waals surface area contributed by atoms with Gasteiger partial charge in [0.25, 0.3) is 0 Å². The van der Waals surface area contributed by atoms with E-state index < -0.39 is 11.7 Å². The van der Waals surface area contributed by atoms with Crippen molar-refractivity contribution in [2.75, 3.05) is 12.2 Å². The molecular weight excluding hydrogens is 364 g/mol. The summed E-state index contributed by atoms with van der Waals surface area (Å²) in [6.45, 7) is 0. The number of anilines is 1. The summed E-state index contributed by atoms with van der Waals surface area (Å²) in [7, 11) is 1.50. The maximum absolute atomic E-state index is 12.5. The predicted octanol–water partition coefficient (Wildman–Crippen LogP) is 1.66. The van der Waals surface area contributed by atoms with E-state index in [1.165, 1.54) is 19.2 Å². The van der Waals surface area contributed by atoms with Gasteiger partial charge >= 0.3 is 5.91 Å². The van der Waals surface area contributed by atoms with Crippen LogP contribution in [0.3, 0.4) is 0 Å². The lowest BCUT2D eigenvalue weighted by atomic mass is 10.0. The fraction of sp³-hybridized carbons (Fsp3) is 0.0526. The molecule has 138 valence electrons. The number of amides is 1. The highest BCUT2D eigenvalue weighted by Crippen LogP contribution is 2.38. The van der Waals surface area contributed by atoms with E-state index in [0.717, 1.165) is 0 Å². The SMILES string of the molecule is COc1ccc(/C(C#N)=C2\Oc3cc(C#N)c(C#N)cc3N(O)C2=O)cc1.O. The zero-order chi connectivity index (χ0) is 19.6. The van der Waals surface area contributed by atoms with Gasteiger partial charge in [-0.1, -0.05) is 0 Å². The number of ether oxygens (including phenoxy) is 2. The third kappa shape index (κ3) is 3.20. The third-order valence-electron chi connectivity index (χ3n) is 3.88. The van der Waals surface area contributed by atoms with Gasteiger partial charge in [0.15, 0.2) is 5.75 Å². The van der Waals surface area contributed by atoms with Crippen LogP contribution in [0.2, 0.25) is 0 Å². The van der Waals surface area contributed by atoms with E-state index in [1.807, 2.05) is 18.2 Å². The summed E-state index contributed by atoms with van der Waals surface area (Å²) in [6.07, 6.45) is 0. The molecule has 1 heterocycles. The molecule has 0 spiro atoms. The average molecular weight is 376 g/mol. The van der Waals surface area contributed by atoms with Crippen molar-refractivity contribution < 1.29 is 25.0 Å². The largest absolute Gasteiger partial charge is 0.497 e. The van der Waals surface area contributed by atoms with Gasteiger partial charge in [-0.3, -0.25) is 10.0 Å². The number of nitrogens with zero attached hydrogens (tertiary/aromatic N) is 4. The van der Waals surface area contributed by atoms with Crippen LogP contribution >= 0.6 is 0 Å². The number of carbonyl (C=O) groups is 1. The monoisotopic (exact) mass is 376 g/mol. The number of fused-ring (bicyclic) bond motifs is 1. The fourth-order valence-electron chi connectivity index (χ4n) is 2.52. The minimum absolute atomic E-state index is 0. The van der Waals surface area contributed by atoms with Crippen LogP contribution < -0.4 is 14.5 Å². The van der Waals surface area contributed by atoms with Crippen molar-refractivity contribution in [3.05, 3.63) is 58.8 Å². The van der Waals surface area contributed by atoms with E-state index in [-0.39, 0.29) is 38.7 Å². The molecular formula is C19H12N4O5. The van der Waals surface area contributed by atoms with E-state index >= 15 is 0 Å². The Balaban J connectivity index is 0.00000280. The molecule has 0 saturated heterocycles. The van der Waals surface area contributed by atoms with Crippen molar-refractivity contribution in [1.82, 2.24) is 0 Å². The molecule has 1 aliphatic heterocycles. The Morgan fingerprint density at radius 2 is 1.71 bits per heavy atom. The first-order chi connectivity index (χ1) is 13.0. The summed E-state index contributed by atoms with van der Waals surface area (Å²) in [6, 6.07) is 14.3. The molecule has 3 rings (SSSR count). The highest BCUT2D eigenvalue weighted by atomic mass is 16.5. The zero-order valence-corrected chi connectivity index (χ0v) is 14.4. The highest BCUT2D eigenvalue weighted by molar-refractivity contribution is 6.12. The van der Waals surface area contributed by atoms with Crippen LogP contribution in [0.5, 0.6) is 11.5 Å². The van der Waals surface area contributed by atoms with Crippen molar-refractivity contribution in [3.63, 3.8) is 0 Å². The van der Waals surface area contributed by atoms with Crippen molar-refractivity contribution in [1.29, 1.82) is 15.8 Å². The van der Waals surface area contributed by atoms with Crippen LogP contribution in [0.15, 0.2) is 42.2 Å². The summed E-state index contributed by atoms with van der Waals surface area (Å²) >= 11 is 0. The molecule has 9 nitrogen and oxygen atoms in total. The van der Waals surface area contributed by atoms with Gasteiger partial charge in [0.1, 0.15) is 35.2 Å². The van der Waals surface area contributed by atoms with Gasteiger partial charge in [-0.15, -0.1) is 0 Å². The van der Waals surface area contributed by atoms with Gasteiger partial charge in [-0.25, -0.2) is 0 Å². The molecule has 1 aliphatic rings. The second kappa shape index (κ2) is 7.90. The molecule has 2 aromatic rings. The first-order valence-electron chi connectivity index (χ1n) is 7.52. The first kappa shape index (κ1) is 20.0. The Morgan fingerprint density at radius 1 is 1.11 bits per heavy atom. The number of hydroxylamine groups is 1. The molecule has 0 fully saturated rings. The van der Waals surface area contributed by atoms with E-state index in [0.29, 0.717) is 11.3 Å². The number of nitriles is 3. The Morgan fingerprint density at radius 3 is 2.25 bits per heavy atom. The number of rotatable bonds is 2. The molecule has 0 bridgehead atoms. The molecule has 0 radical (unpaired) electrons. The van der Waals surface area contributed by atoms with Crippen molar-refractivity contribution in [2.45, 2.75) is 0 Å². The molecule has 9 heteroatoms. The summed E-state index contributed by atoms with van der Waals surface area (Å²) in [4.78, 5) is 12.5. The predicted molar refractivity (Wildman–Crippen MR) is 94.9 cm³/mol. The van der Waals surface area contributed by atoms with E-state index in [9.17, 15) is 15.3 Å². The van der Waals surface area contributed by atoms with Gasteiger partial charge in [0, 0.05) is 6.07 Å². The second-order valence-electron chi connectivity index (χ2n) is 5.35. The molecule has 28 heavy (non-hydrogen) atoms. The zero-order valence-electron chi connectivity index (χ0n) is 14.4. The maximum atomic E-state index is 12.5. The molecule has 0 saturated carbocycles. The molecule has 0 aromatic heterocycles. The summed E-state index contributed by atoms with van der Waals surface area (Å²) < 4.78 is 10.6. The lowest BCUT2D eigenvalue weighted by molar-refractivity contribution is -0.122. The van der Waals surface area contributed by atoms with Gasteiger partial charge in [0.2, 0.25) is 5.76 Å². The normalized spacial score (nSPS) is 13.7. The third-order valence-corrected chi connectivity index (χ3v) is 3.88. The van der Waals surface area contributed by atoms with E-state index in [1.54, 1.807) is 24.3 Å². The van der Waals surface area contributed by atoms with Crippen LogP contribution in [-0.4, -0.2) is 23.7 Å². The number of allylic oxidation sites excluding steroid dienone is 1. The molecule has 2 aromatic carbocycles. The molecule has 3 N–H and O–H groups in total. The van der Waals surface area contributed by atoms with Crippen LogP contribution in [-0.2, 0) is 4.79 Å². The molecule has 0 atom stereocenters. The standard InChI is InChI=1S/C19H10N4O4.H2O/c1-26-14-4-2-11(3-5-14)15(10-22)18-19(24)23(25)16-6-12(8-20)13(9-21)7-17(16)27-18;/h2-7,25H,1H3;1H2/b18-15-;. The highest BCUT2D eigenvalue weighted by Gasteiger charge is 2.33. The quantitative estimate of drug-likeness (QED) is 0.473. The molecule has 0 unspecified atom stereocenters. The van der Waals surface area contributed by atoms with Gasteiger partial charge < -0.3 is 14.9 Å². The van der Waals surface area contributed by atoms with E-state index in [4.69, 9.17) is 20.0 Å². The van der Waals surface area contributed by atoms with Crippen LogP contribution in [0.1, 0.15) is 16.7 Å². The van der Waals surface area contributed by atoms with E-state index in [2.05, 4.69) is 0 Å². The van der Waals surface area contributed by atoms with Crippen molar-refractivity contribution in [2.24, 2.45) is 0 Å². The van der Waals surface area contributed by atoms with Crippen molar-refractivity contribution >= 4 is 17.2 Å². The van der Waals surface area contributed by atoms with Crippen LogP contribution in [0.4, 0.5) is 5.69 Å². The maximum Gasteiger partial charge on any atom is 0.319 e. The molecule has 1 amide bonds. The Kier molecular flexibility index (Phi) is 5.63. The number of methoxy groups -OCH3 is 1. The summed E-state index contributed by atoms with van der Waals surface area (Å²) in [5.74, 6) is -0.826. The number of hydrogen-bond acceptors (Lipinski definition) is 7. The lowest BCUT2D eigenvalue weighted by Gasteiger charge is -2.26. The number of carbonyl (C=O) groups excluding carboxylic acids is 1. The van der Waals surface area contributed by atoms with Crippen molar-refractivity contribution in [3.8, 4) is 29.7 Å². The molecule has 0 aliphatic carbocycles. The summed E-state index contributed by atoms with van der Waals surface area (Å²) in [5.41, 5.74) is 0.185. The van der Waals surface area contributed by atoms with Gasteiger partial charge in [-0.05, 0) is 35.9 Å². The van der Waals surface area contributed by atoms with Gasteiger partial charge in [0.05, 0.1) is 18.2 Å². The Hall–Kier alpha value is -4.36.